The number of fused-ring (bicyclic) bond motifs is 1. The molecule has 1 amide bonds. The van der Waals surface area contributed by atoms with Gasteiger partial charge in [-0.1, -0.05) is 0 Å². The predicted molar refractivity (Wildman–Crippen MR) is 79.3 cm³/mol. The Morgan fingerprint density at radius 2 is 2.35 bits per heavy atom. The fraction of sp³-hybridized carbons (Fsp3) is 0.333. The standard InChI is InChI=1S/C15H16N2O2S/c1-9-7-13(18)11(8-16-9)15(19)17-12-3-2-4-14-10(12)5-6-20-14/h5-8,12H,2-4H2,1H3,(H,16,18)(H,17,19). The number of pyridine rings is 1. The van der Waals surface area contributed by atoms with Gasteiger partial charge in [0.15, 0.2) is 5.43 Å². The Hall–Kier alpha value is -1.88. The quantitative estimate of drug-likeness (QED) is 0.892. The minimum Gasteiger partial charge on any atom is -0.364 e. The number of nitrogens with one attached hydrogen (secondary N) is 2. The average molecular weight is 288 g/mol. The van der Waals surface area contributed by atoms with E-state index < -0.39 is 0 Å². The molecule has 2 aromatic heterocycles. The molecule has 20 heavy (non-hydrogen) atoms. The van der Waals surface area contributed by atoms with Crippen LogP contribution < -0.4 is 10.7 Å². The van der Waals surface area contributed by atoms with Gasteiger partial charge in [0, 0.05) is 22.8 Å². The van der Waals surface area contributed by atoms with Crippen LogP contribution in [0.15, 0.2) is 28.5 Å². The molecule has 0 spiro atoms. The third-order valence-electron chi connectivity index (χ3n) is 3.66. The molecular formula is C15H16N2O2S. The molecule has 1 atom stereocenters. The summed E-state index contributed by atoms with van der Waals surface area (Å²) in [4.78, 5) is 28.3. The number of aromatic nitrogens is 1. The van der Waals surface area contributed by atoms with E-state index in [0.29, 0.717) is 0 Å². The first-order chi connectivity index (χ1) is 9.65. The Morgan fingerprint density at radius 3 is 3.15 bits per heavy atom. The second kappa shape index (κ2) is 5.25. The number of H-pyrrole nitrogens is 1. The molecular weight excluding hydrogens is 272 g/mol. The topological polar surface area (TPSA) is 62.0 Å². The van der Waals surface area contributed by atoms with Gasteiger partial charge >= 0.3 is 0 Å². The highest BCUT2D eigenvalue weighted by molar-refractivity contribution is 7.10. The first kappa shape index (κ1) is 13.1. The summed E-state index contributed by atoms with van der Waals surface area (Å²) in [6.45, 7) is 1.79. The van der Waals surface area contributed by atoms with Crippen molar-refractivity contribution in [2.75, 3.05) is 0 Å². The van der Waals surface area contributed by atoms with Crippen LogP contribution in [-0.4, -0.2) is 10.9 Å². The molecule has 0 saturated carbocycles. The molecule has 0 bridgehead atoms. The second-order valence-corrected chi connectivity index (χ2v) is 6.11. The van der Waals surface area contributed by atoms with Crippen LogP contribution in [0.25, 0.3) is 0 Å². The van der Waals surface area contributed by atoms with Crippen molar-refractivity contribution in [1.82, 2.24) is 10.3 Å². The molecule has 1 aliphatic carbocycles. The van der Waals surface area contributed by atoms with Crippen LogP contribution in [0, 0.1) is 6.92 Å². The van der Waals surface area contributed by atoms with E-state index in [4.69, 9.17) is 0 Å². The number of rotatable bonds is 2. The monoisotopic (exact) mass is 288 g/mol. The largest absolute Gasteiger partial charge is 0.364 e. The van der Waals surface area contributed by atoms with Crippen molar-refractivity contribution >= 4 is 17.2 Å². The van der Waals surface area contributed by atoms with Crippen molar-refractivity contribution in [3.63, 3.8) is 0 Å². The second-order valence-electron chi connectivity index (χ2n) is 5.11. The lowest BCUT2D eigenvalue weighted by molar-refractivity contribution is 0.0931. The van der Waals surface area contributed by atoms with Crippen molar-refractivity contribution < 1.29 is 4.79 Å². The summed E-state index contributed by atoms with van der Waals surface area (Å²) in [6, 6.07) is 3.55. The summed E-state index contributed by atoms with van der Waals surface area (Å²) in [5, 5.41) is 5.05. The van der Waals surface area contributed by atoms with Crippen LogP contribution in [-0.2, 0) is 6.42 Å². The summed E-state index contributed by atoms with van der Waals surface area (Å²) in [7, 11) is 0. The van der Waals surface area contributed by atoms with E-state index in [1.165, 1.54) is 22.7 Å². The van der Waals surface area contributed by atoms with Crippen LogP contribution in [0.3, 0.4) is 0 Å². The highest BCUT2D eigenvalue weighted by Crippen LogP contribution is 2.33. The fourth-order valence-electron chi connectivity index (χ4n) is 2.62. The Balaban J connectivity index is 1.82. The Bertz CT molecular complexity index is 702. The van der Waals surface area contributed by atoms with Gasteiger partial charge in [0.2, 0.25) is 0 Å². The zero-order valence-electron chi connectivity index (χ0n) is 11.2. The Labute approximate surface area is 120 Å². The van der Waals surface area contributed by atoms with E-state index in [-0.39, 0.29) is 22.9 Å². The normalized spacial score (nSPS) is 17.6. The first-order valence-electron chi connectivity index (χ1n) is 6.71. The van der Waals surface area contributed by atoms with Gasteiger partial charge in [0.05, 0.1) is 6.04 Å². The molecule has 0 saturated heterocycles. The van der Waals surface area contributed by atoms with Gasteiger partial charge in [0.25, 0.3) is 5.91 Å². The maximum Gasteiger partial charge on any atom is 0.257 e. The third kappa shape index (κ3) is 2.41. The van der Waals surface area contributed by atoms with Crippen LogP contribution in [0.2, 0.25) is 0 Å². The molecule has 0 aliphatic heterocycles. The highest BCUT2D eigenvalue weighted by Gasteiger charge is 2.23. The molecule has 0 radical (unpaired) electrons. The summed E-state index contributed by atoms with van der Waals surface area (Å²) in [5.74, 6) is -0.296. The molecule has 104 valence electrons. The van der Waals surface area contributed by atoms with Crippen molar-refractivity contribution in [2.24, 2.45) is 0 Å². The maximum absolute atomic E-state index is 12.2. The third-order valence-corrected chi connectivity index (χ3v) is 4.66. The molecule has 0 aromatic carbocycles. The number of thiophene rings is 1. The minimum atomic E-state index is -0.296. The SMILES string of the molecule is Cc1cc(=O)c(C(=O)NC2CCCc3sccc32)c[nH]1. The van der Waals surface area contributed by atoms with Crippen molar-refractivity contribution in [1.29, 1.82) is 0 Å². The lowest BCUT2D eigenvalue weighted by atomic mass is 9.94. The van der Waals surface area contributed by atoms with Gasteiger partial charge in [-0.25, -0.2) is 0 Å². The summed E-state index contributed by atoms with van der Waals surface area (Å²) in [5.41, 5.74) is 1.90. The zero-order valence-corrected chi connectivity index (χ0v) is 12.0. The molecule has 2 heterocycles. The number of hydrogen-bond donors (Lipinski definition) is 2. The molecule has 0 fully saturated rings. The highest BCUT2D eigenvalue weighted by atomic mass is 32.1. The molecule has 1 unspecified atom stereocenters. The Morgan fingerprint density at radius 1 is 1.50 bits per heavy atom. The number of hydrogen-bond acceptors (Lipinski definition) is 3. The molecule has 3 rings (SSSR count). The Kier molecular flexibility index (Phi) is 3.44. The van der Waals surface area contributed by atoms with Crippen LogP contribution in [0.5, 0.6) is 0 Å². The maximum atomic E-state index is 12.2. The van der Waals surface area contributed by atoms with Crippen LogP contribution in [0.4, 0.5) is 0 Å². The van der Waals surface area contributed by atoms with Crippen molar-refractivity contribution in [3.8, 4) is 0 Å². The predicted octanol–water partition coefficient (Wildman–Crippen LogP) is 2.55. The van der Waals surface area contributed by atoms with Crippen molar-refractivity contribution in [3.05, 3.63) is 55.6 Å². The van der Waals surface area contributed by atoms with Gasteiger partial charge in [-0.05, 0) is 43.2 Å². The number of aromatic amines is 1. The summed E-state index contributed by atoms with van der Waals surface area (Å²) >= 11 is 1.74. The molecule has 2 aromatic rings. The van der Waals surface area contributed by atoms with Gasteiger partial charge in [-0.2, -0.15) is 0 Å². The average Bonchev–Trinajstić information content (AvgIpc) is 2.87. The minimum absolute atomic E-state index is 0.0261. The lowest BCUT2D eigenvalue weighted by Gasteiger charge is -2.23. The molecule has 5 heteroatoms. The van der Waals surface area contributed by atoms with E-state index in [1.807, 2.05) is 0 Å². The van der Waals surface area contributed by atoms with Gasteiger partial charge in [0.1, 0.15) is 5.56 Å². The van der Waals surface area contributed by atoms with E-state index >= 15 is 0 Å². The first-order valence-corrected chi connectivity index (χ1v) is 7.59. The van der Waals surface area contributed by atoms with E-state index in [9.17, 15) is 9.59 Å². The van der Waals surface area contributed by atoms with E-state index in [2.05, 4.69) is 21.7 Å². The smallest absolute Gasteiger partial charge is 0.257 e. The van der Waals surface area contributed by atoms with E-state index in [0.717, 1.165) is 25.0 Å². The van der Waals surface area contributed by atoms with Gasteiger partial charge in [-0.3, -0.25) is 9.59 Å². The zero-order chi connectivity index (χ0) is 14.1. The van der Waals surface area contributed by atoms with Crippen LogP contribution >= 0.6 is 11.3 Å². The number of carbonyl (C=O) groups is 1. The number of carbonyl (C=O) groups excluding carboxylic acids is 1. The number of aryl methyl sites for hydroxylation is 2. The summed E-state index contributed by atoms with van der Waals surface area (Å²) < 4.78 is 0. The lowest BCUT2D eigenvalue weighted by Crippen LogP contribution is -2.33. The fourth-order valence-corrected chi connectivity index (χ4v) is 3.61. The summed E-state index contributed by atoms with van der Waals surface area (Å²) in [6.07, 6.45) is 4.58. The molecule has 2 N–H and O–H groups in total. The molecule has 4 nitrogen and oxygen atoms in total. The number of amides is 1. The van der Waals surface area contributed by atoms with Crippen LogP contribution in [0.1, 0.15) is 45.4 Å². The molecule has 1 aliphatic rings. The van der Waals surface area contributed by atoms with Crippen molar-refractivity contribution in [2.45, 2.75) is 32.2 Å². The van der Waals surface area contributed by atoms with Gasteiger partial charge in [-0.15, -0.1) is 11.3 Å². The van der Waals surface area contributed by atoms with E-state index in [1.54, 1.807) is 18.3 Å². The van der Waals surface area contributed by atoms with Gasteiger partial charge < -0.3 is 10.3 Å².